The summed E-state index contributed by atoms with van der Waals surface area (Å²) in [7, 11) is 0. The van der Waals surface area contributed by atoms with Crippen molar-refractivity contribution >= 4 is 23.2 Å². The maximum atomic E-state index is 12.6. The monoisotopic (exact) mass is 349 g/mol. The molecule has 1 aliphatic rings. The first-order chi connectivity index (χ1) is 12.6. The summed E-state index contributed by atoms with van der Waals surface area (Å²) in [5.74, 6) is -0.167. The summed E-state index contributed by atoms with van der Waals surface area (Å²) in [5, 5.41) is 7.15. The Morgan fingerprint density at radius 2 is 1.88 bits per heavy atom. The lowest BCUT2D eigenvalue weighted by atomic mass is 9.94. The van der Waals surface area contributed by atoms with Crippen LogP contribution in [0.4, 0.5) is 5.69 Å². The maximum Gasteiger partial charge on any atom is 0.240 e. The number of nitrogens with one attached hydrogen (secondary N) is 2. The van der Waals surface area contributed by atoms with Crippen molar-refractivity contribution in [3.05, 3.63) is 65.7 Å². The molecule has 0 aliphatic carbocycles. The summed E-state index contributed by atoms with van der Waals surface area (Å²) in [6, 6.07) is 17.4. The number of carbonyl (C=O) groups excluding carboxylic acids is 2. The average Bonchev–Trinajstić information content (AvgIpc) is 2.64. The van der Waals surface area contributed by atoms with E-state index in [4.69, 9.17) is 0 Å². The third-order valence-corrected chi connectivity index (χ3v) is 4.63. The molecule has 1 heterocycles. The molecule has 0 fully saturated rings. The molecule has 2 amide bonds. The minimum Gasteiger partial charge on any atom is -0.326 e. The topological polar surface area (TPSA) is 70.6 Å². The number of amides is 2. The number of carbonyl (C=O) groups is 2. The van der Waals surface area contributed by atoms with Gasteiger partial charge < -0.3 is 5.32 Å². The van der Waals surface area contributed by atoms with Crippen LogP contribution < -0.4 is 10.7 Å². The molecule has 0 radical (unpaired) electrons. The van der Waals surface area contributed by atoms with E-state index in [1.54, 1.807) is 0 Å². The van der Waals surface area contributed by atoms with Gasteiger partial charge in [-0.1, -0.05) is 56.3 Å². The first kappa shape index (κ1) is 17.9. The molecular formula is C21H23N3O2. The van der Waals surface area contributed by atoms with Gasteiger partial charge in [0.1, 0.15) is 0 Å². The first-order valence-electron chi connectivity index (χ1n) is 8.91. The summed E-state index contributed by atoms with van der Waals surface area (Å²) in [4.78, 5) is 24.0. The predicted octanol–water partition coefficient (Wildman–Crippen LogP) is 3.68. The molecule has 2 N–H and O–H groups in total. The smallest absolute Gasteiger partial charge is 0.240 e. The van der Waals surface area contributed by atoms with Crippen LogP contribution in [0.25, 0.3) is 0 Å². The number of anilines is 1. The zero-order valence-electron chi connectivity index (χ0n) is 15.0. The second-order valence-corrected chi connectivity index (χ2v) is 6.58. The Morgan fingerprint density at radius 3 is 2.50 bits per heavy atom. The van der Waals surface area contributed by atoms with Crippen molar-refractivity contribution in [2.24, 2.45) is 11.0 Å². The number of hydrazone groups is 1. The standard InChI is InChI=1S/C21H23N3O2/c1-3-18(15-7-5-4-6-8-15)21(26)22-17-11-9-16(10-12-17)20-14(2)13-19(25)23-24-20/h4-12,14,18H,3,13H2,1-2H3,(H,22,26)(H,23,25). The van der Waals surface area contributed by atoms with E-state index in [0.717, 1.165) is 28.9 Å². The van der Waals surface area contributed by atoms with Gasteiger partial charge in [-0.25, -0.2) is 5.43 Å². The third kappa shape index (κ3) is 3.99. The van der Waals surface area contributed by atoms with Gasteiger partial charge in [-0.2, -0.15) is 5.10 Å². The second kappa shape index (κ2) is 7.95. The zero-order chi connectivity index (χ0) is 18.5. The number of nitrogens with zero attached hydrogens (tertiary/aromatic N) is 1. The van der Waals surface area contributed by atoms with E-state index in [2.05, 4.69) is 15.8 Å². The lowest BCUT2D eigenvalue weighted by Crippen LogP contribution is -2.31. The number of benzene rings is 2. The van der Waals surface area contributed by atoms with Crippen molar-refractivity contribution in [2.45, 2.75) is 32.6 Å². The van der Waals surface area contributed by atoms with Gasteiger partial charge in [0.15, 0.2) is 0 Å². The van der Waals surface area contributed by atoms with Crippen molar-refractivity contribution in [1.29, 1.82) is 0 Å². The maximum absolute atomic E-state index is 12.6. The Balaban J connectivity index is 1.71. The van der Waals surface area contributed by atoms with Gasteiger partial charge in [0, 0.05) is 18.0 Å². The molecule has 3 rings (SSSR count). The van der Waals surface area contributed by atoms with Gasteiger partial charge in [-0.3, -0.25) is 9.59 Å². The van der Waals surface area contributed by atoms with Crippen LogP contribution in [-0.2, 0) is 9.59 Å². The fourth-order valence-corrected chi connectivity index (χ4v) is 3.21. The Kier molecular flexibility index (Phi) is 5.46. The fraction of sp³-hybridized carbons (Fsp3) is 0.286. The molecule has 5 nitrogen and oxygen atoms in total. The van der Waals surface area contributed by atoms with E-state index in [1.165, 1.54) is 0 Å². The summed E-state index contributed by atoms with van der Waals surface area (Å²) in [5.41, 5.74) is 6.11. The summed E-state index contributed by atoms with van der Waals surface area (Å²) < 4.78 is 0. The Hall–Kier alpha value is -2.95. The Morgan fingerprint density at radius 1 is 1.19 bits per heavy atom. The largest absolute Gasteiger partial charge is 0.326 e. The lowest BCUT2D eigenvalue weighted by molar-refractivity contribution is -0.122. The lowest BCUT2D eigenvalue weighted by Gasteiger charge is -2.19. The van der Waals surface area contributed by atoms with E-state index in [1.807, 2.05) is 68.4 Å². The molecule has 1 aliphatic heterocycles. The molecule has 0 bridgehead atoms. The van der Waals surface area contributed by atoms with Gasteiger partial charge >= 0.3 is 0 Å². The number of rotatable bonds is 5. The van der Waals surface area contributed by atoms with Crippen molar-refractivity contribution in [3.63, 3.8) is 0 Å². The van der Waals surface area contributed by atoms with Gasteiger partial charge in [-0.15, -0.1) is 0 Å². The zero-order valence-corrected chi connectivity index (χ0v) is 15.0. The highest BCUT2D eigenvalue weighted by Crippen LogP contribution is 2.23. The summed E-state index contributed by atoms with van der Waals surface area (Å²) in [6.45, 7) is 4.00. The Bertz CT molecular complexity index is 813. The highest BCUT2D eigenvalue weighted by atomic mass is 16.2. The van der Waals surface area contributed by atoms with Crippen LogP contribution >= 0.6 is 0 Å². The van der Waals surface area contributed by atoms with Crippen molar-refractivity contribution < 1.29 is 9.59 Å². The van der Waals surface area contributed by atoms with Crippen LogP contribution in [-0.4, -0.2) is 17.5 Å². The van der Waals surface area contributed by atoms with Crippen LogP contribution in [0, 0.1) is 5.92 Å². The molecule has 5 heteroatoms. The molecule has 0 aromatic heterocycles. The fourth-order valence-electron chi connectivity index (χ4n) is 3.21. The second-order valence-electron chi connectivity index (χ2n) is 6.58. The van der Waals surface area contributed by atoms with Crippen LogP contribution in [0.2, 0.25) is 0 Å². The molecule has 26 heavy (non-hydrogen) atoms. The molecule has 2 unspecified atom stereocenters. The molecule has 0 spiro atoms. The molecule has 0 saturated carbocycles. The van der Waals surface area contributed by atoms with Crippen LogP contribution in [0.3, 0.4) is 0 Å². The number of hydrogen-bond donors (Lipinski definition) is 2. The van der Waals surface area contributed by atoms with Crippen LogP contribution in [0.1, 0.15) is 43.7 Å². The highest BCUT2D eigenvalue weighted by molar-refractivity contribution is 6.06. The highest BCUT2D eigenvalue weighted by Gasteiger charge is 2.22. The Labute approximate surface area is 153 Å². The number of hydrogen-bond acceptors (Lipinski definition) is 3. The van der Waals surface area contributed by atoms with E-state index in [0.29, 0.717) is 6.42 Å². The van der Waals surface area contributed by atoms with Gasteiger partial charge in [0.2, 0.25) is 11.8 Å². The van der Waals surface area contributed by atoms with Gasteiger partial charge in [-0.05, 0) is 29.7 Å². The van der Waals surface area contributed by atoms with Gasteiger partial charge in [0.05, 0.1) is 11.6 Å². The SMILES string of the molecule is CCC(C(=O)Nc1ccc(C2=NNC(=O)CC2C)cc1)c1ccccc1. The third-order valence-electron chi connectivity index (χ3n) is 4.63. The van der Waals surface area contributed by atoms with Crippen molar-refractivity contribution in [3.8, 4) is 0 Å². The van der Waals surface area contributed by atoms with Gasteiger partial charge in [0.25, 0.3) is 0 Å². The average molecular weight is 349 g/mol. The predicted molar refractivity (Wildman–Crippen MR) is 103 cm³/mol. The normalized spacial score (nSPS) is 17.8. The summed E-state index contributed by atoms with van der Waals surface area (Å²) in [6.07, 6.45) is 1.18. The minimum atomic E-state index is -0.172. The van der Waals surface area contributed by atoms with Crippen molar-refractivity contribution in [2.75, 3.05) is 5.32 Å². The van der Waals surface area contributed by atoms with Crippen LogP contribution in [0.15, 0.2) is 59.7 Å². The molecule has 0 saturated heterocycles. The molecule has 2 aromatic rings. The van der Waals surface area contributed by atoms with Crippen LogP contribution in [0.5, 0.6) is 0 Å². The molecule has 2 aromatic carbocycles. The molecule has 134 valence electrons. The summed E-state index contributed by atoms with van der Waals surface area (Å²) >= 11 is 0. The van der Waals surface area contributed by atoms with E-state index < -0.39 is 0 Å². The van der Waals surface area contributed by atoms with E-state index in [-0.39, 0.29) is 23.7 Å². The van der Waals surface area contributed by atoms with E-state index in [9.17, 15) is 9.59 Å². The molecular weight excluding hydrogens is 326 g/mol. The van der Waals surface area contributed by atoms with Crippen molar-refractivity contribution in [1.82, 2.24) is 5.43 Å². The minimum absolute atomic E-state index is 0.0120. The first-order valence-corrected chi connectivity index (χ1v) is 8.91. The molecule has 2 atom stereocenters. The quantitative estimate of drug-likeness (QED) is 0.864. The van der Waals surface area contributed by atoms with E-state index >= 15 is 0 Å².